The second-order valence-electron chi connectivity index (χ2n) is 5.29. The molecule has 0 aliphatic carbocycles. The van der Waals surface area contributed by atoms with Crippen molar-refractivity contribution in [1.29, 1.82) is 0 Å². The molecule has 0 amide bonds. The lowest BCUT2D eigenvalue weighted by Crippen LogP contribution is -2.61. The van der Waals surface area contributed by atoms with Crippen molar-refractivity contribution in [2.45, 2.75) is 19.4 Å². The zero-order valence-corrected chi connectivity index (χ0v) is 9.65. The lowest BCUT2D eigenvalue weighted by Gasteiger charge is -2.52. The Morgan fingerprint density at radius 1 is 1.44 bits per heavy atom. The van der Waals surface area contributed by atoms with Gasteiger partial charge in [0.15, 0.2) is 0 Å². The zero-order valence-electron chi connectivity index (χ0n) is 9.65. The molecule has 2 fully saturated rings. The van der Waals surface area contributed by atoms with Gasteiger partial charge in [0.25, 0.3) is 0 Å². The van der Waals surface area contributed by atoms with Gasteiger partial charge in [0.1, 0.15) is 0 Å². The molecule has 16 heavy (non-hydrogen) atoms. The minimum atomic E-state index is 0.598. The van der Waals surface area contributed by atoms with E-state index in [1.54, 1.807) is 0 Å². The maximum absolute atomic E-state index is 4.16. The summed E-state index contributed by atoms with van der Waals surface area (Å²) in [6.07, 6.45) is 6.57. The summed E-state index contributed by atoms with van der Waals surface area (Å²) in [6.45, 7) is 6.01. The highest BCUT2D eigenvalue weighted by Crippen LogP contribution is 2.36. The van der Waals surface area contributed by atoms with Gasteiger partial charge >= 0.3 is 0 Å². The van der Waals surface area contributed by atoms with E-state index in [-0.39, 0.29) is 0 Å². The second kappa shape index (κ2) is 4.15. The normalized spacial score (nSPS) is 24.2. The van der Waals surface area contributed by atoms with Crippen LogP contribution in [0.1, 0.15) is 18.4 Å². The van der Waals surface area contributed by atoms with Gasteiger partial charge < -0.3 is 5.32 Å². The molecular weight excluding hydrogens is 198 g/mol. The lowest BCUT2D eigenvalue weighted by molar-refractivity contribution is -0.0230. The van der Waals surface area contributed by atoms with Gasteiger partial charge in [-0.05, 0) is 31.0 Å². The Balaban J connectivity index is 1.53. The fourth-order valence-electron chi connectivity index (χ4n) is 3.06. The summed E-state index contributed by atoms with van der Waals surface area (Å²) in [5.74, 6) is 0. The van der Waals surface area contributed by atoms with Crippen molar-refractivity contribution in [1.82, 2.24) is 15.2 Å². The Kier molecular flexibility index (Phi) is 2.65. The molecule has 0 saturated carbocycles. The first-order valence-corrected chi connectivity index (χ1v) is 6.18. The van der Waals surface area contributed by atoms with Crippen LogP contribution in [0.5, 0.6) is 0 Å². The van der Waals surface area contributed by atoms with Crippen LogP contribution in [0.2, 0.25) is 0 Å². The highest BCUT2D eigenvalue weighted by atomic mass is 15.2. The van der Waals surface area contributed by atoms with Crippen LogP contribution < -0.4 is 5.32 Å². The monoisotopic (exact) mass is 217 g/mol. The summed E-state index contributed by atoms with van der Waals surface area (Å²) in [6, 6.07) is 4.18. The number of nitrogens with one attached hydrogen (secondary N) is 1. The molecule has 0 bridgehead atoms. The Labute approximate surface area is 96.9 Å². The first-order valence-electron chi connectivity index (χ1n) is 6.18. The SMILES string of the molecule is c1cncc(CN2CC3(CCCNC3)C2)c1. The number of hydrogen-bond donors (Lipinski definition) is 1. The smallest absolute Gasteiger partial charge is 0.0312 e. The molecule has 1 aromatic heterocycles. The van der Waals surface area contributed by atoms with Crippen molar-refractivity contribution in [3.63, 3.8) is 0 Å². The van der Waals surface area contributed by atoms with Crippen molar-refractivity contribution < 1.29 is 0 Å². The Morgan fingerprint density at radius 3 is 3.06 bits per heavy atom. The Hall–Kier alpha value is -0.930. The van der Waals surface area contributed by atoms with Crippen LogP contribution in [0.15, 0.2) is 24.5 Å². The van der Waals surface area contributed by atoms with Crippen molar-refractivity contribution in [2.75, 3.05) is 26.2 Å². The molecule has 3 heterocycles. The maximum atomic E-state index is 4.16. The largest absolute Gasteiger partial charge is 0.316 e. The van der Waals surface area contributed by atoms with Gasteiger partial charge in [0, 0.05) is 44.0 Å². The van der Waals surface area contributed by atoms with E-state index in [4.69, 9.17) is 0 Å². The van der Waals surface area contributed by atoms with Crippen LogP contribution in [-0.2, 0) is 6.54 Å². The number of rotatable bonds is 2. The maximum Gasteiger partial charge on any atom is 0.0312 e. The van der Waals surface area contributed by atoms with Crippen molar-refractivity contribution >= 4 is 0 Å². The molecule has 1 aromatic rings. The van der Waals surface area contributed by atoms with Crippen LogP contribution in [0.25, 0.3) is 0 Å². The summed E-state index contributed by atoms with van der Waals surface area (Å²) in [7, 11) is 0. The molecule has 86 valence electrons. The third-order valence-electron chi connectivity index (χ3n) is 3.81. The highest BCUT2D eigenvalue weighted by molar-refractivity contribution is 5.10. The van der Waals surface area contributed by atoms with E-state index in [1.807, 2.05) is 18.5 Å². The number of piperidine rings is 1. The van der Waals surface area contributed by atoms with Gasteiger partial charge in [-0.15, -0.1) is 0 Å². The topological polar surface area (TPSA) is 28.2 Å². The molecule has 0 radical (unpaired) electrons. The molecule has 0 unspecified atom stereocenters. The molecule has 2 aliphatic heterocycles. The van der Waals surface area contributed by atoms with Gasteiger partial charge in [-0.3, -0.25) is 9.88 Å². The molecule has 0 atom stereocenters. The van der Waals surface area contributed by atoms with E-state index in [0.717, 1.165) is 6.54 Å². The van der Waals surface area contributed by atoms with E-state index >= 15 is 0 Å². The third-order valence-corrected chi connectivity index (χ3v) is 3.81. The van der Waals surface area contributed by atoms with Crippen LogP contribution in [0.3, 0.4) is 0 Å². The van der Waals surface area contributed by atoms with Crippen LogP contribution >= 0.6 is 0 Å². The third kappa shape index (κ3) is 1.97. The van der Waals surface area contributed by atoms with E-state index in [2.05, 4.69) is 21.3 Å². The van der Waals surface area contributed by atoms with E-state index in [0.29, 0.717) is 5.41 Å². The minimum Gasteiger partial charge on any atom is -0.316 e. The summed E-state index contributed by atoms with van der Waals surface area (Å²) < 4.78 is 0. The number of hydrogen-bond acceptors (Lipinski definition) is 3. The first kappa shape index (κ1) is 10.2. The molecule has 0 aromatic carbocycles. The van der Waals surface area contributed by atoms with Crippen LogP contribution in [-0.4, -0.2) is 36.1 Å². The van der Waals surface area contributed by atoms with Gasteiger partial charge in [-0.1, -0.05) is 6.07 Å². The predicted molar refractivity (Wildman–Crippen MR) is 64.1 cm³/mol. The minimum absolute atomic E-state index is 0.598. The van der Waals surface area contributed by atoms with Crippen molar-refractivity contribution in [3.8, 4) is 0 Å². The summed E-state index contributed by atoms with van der Waals surface area (Å²) >= 11 is 0. The highest BCUT2D eigenvalue weighted by Gasteiger charge is 2.42. The molecule has 3 rings (SSSR count). The number of pyridine rings is 1. The number of likely N-dealkylation sites (tertiary alicyclic amines) is 1. The standard InChI is InChI=1S/C13H19N3/c1-3-12(7-14-5-1)8-16-10-13(11-16)4-2-6-15-9-13/h1,3,5,7,15H,2,4,6,8-11H2. The van der Waals surface area contributed by atoms with E-state index < -0.39 is 0 Å². The first-order chi connectivity index (χ1) is 7.86. The number of nitrogens with zero attached hydrogens (tertiary/aromatic N) is 2. The number of aromatic nitrogens is 1. The van der Waals surface area contributed by atoms with Gasteiger partial charge in [-0.2, -0.15) is 0 Å². The summed E-state index contributed by atoms with van der Waals surface area (Å²) in [5, 5.41) is 3.52. The average Bonchev–Trinajstić information content (AvgIpc) is 2.30. The second-order valence-corrected chi connectivity index (χ2v) is 5.29. The molecule has 1 spiro atoms. The molecule has 1 N–H and O–H groups in total. The fraction of sp³-hybridized carbons (Fsp3) is 0.615. The van der Waals surface area contributed by atoms with Gasteiger partial charge in [0.2, 0.25) is 0 Å². The van der Waals surface area contributed by atoms with Crippen LogP contribution in [0.4, 0.5) is 0 Å². The lowest BCUT2D eigenvalue weighted by atomic mass is 9.74. The average molecular weight is 217 g/mol. The Bertz CT molecular complexity index is 335. The molecular formula is C13H19N3. The summed E-state index contributed by atoms with van der Waals surface area (Å²) in [4.78, 5) is 6.69. The quantitative estimate of drug-likeness (QED) is 0.808. The molecule has 3 nitrogen and oxygen atoms in total. The summed E-state index contributed by atoms with van der Waals surface area (Å²) in [5.41, 5.74) is 1.93. The Morgan fingerprint density at radius 2 is 2.38 bits per heavy atom. The van der Waals surface area contributed by atoms with Gasteiger partial charge in [0.05, 0.1) is 0 Å². The zero-order chi connectivity index (χ0) is 10.8. The predicted octanol–water partition coefficient (Wildman–Crippen LogP) is 1.27. The molecule has 2 aliphatic rings. The molecule has 3 heteroatoms. The van der Waals surface area contributed by atoms with E-state index in [1.165, 1.54) is 44.6 Å². The van der Waals surface area contributed by atoms with E-state index in [9.17, 15) is 0 Å². The van der Waals surface area contributed by atoms with Crippen molar-refractivity contribution in [3.05, 3.63) is 30.1 Å². The van der Waals surface area contributed by atoms with Crippen molar-refractivity contribution in [2.24, 2.45) is 5.41 Å². The van der Waals surface area contributed by atoms with Gasteiger partial charge in [-0.25, -0.2) is 0 Å². The van der Waals surface area contributed by atoms with Crippen LogP contribution in [0, 0.1) is 5.41 Å². The molecule has 2 saturated heterocycles. The fourth-order valence-corrected chi connectivity index (χ4v) is 3.06.